The average molecular weight is 261 g/mol. The zero-order valence-corrected chi connectivity index (χ0v) is 10.2. The van der Waals surface area contributed by atoms with Crippen molar-refractivity contribution in [3.8, 4) is 0 Å². The molecule has 1 amide bonds. The summed E-state index contributed by atoms with van der Waals surface area (Å²) >= 11 is 0. The number of amides is 1. The van der Waals surface area contributed by atoms with E-state index < -0.39 is 10.0 Å². The largest absolute Gasteiger partial charge is 0.382 e. The van der Waals surface area contributed by atoms with Crippen LogP contribution in [0.15, 0.2) is 12.3 Å². The monoisotopic (exact) mass is 261 g/mol. The standard InChI is InChI=1S/C8H15N5O3S/c1-17(15,16)11-4-3-10-8(14)6-13-5-2-7(9)12-13/h2,5,11H,3-4,6H2,1H3,(H2,9,12)(H,10,14). The van der Waals surface area contributed by atoms with Crippen molar-refractivity contribution in [1.82, 2.24) is 19.8 Å². The zero-order valence-electron chi connectivity index (χ0n) is 9.38. The van der Waals surface area contributed by atoms with E-state index in [1.807, 2.05) is 0 Å². The van der Waals surface area contributed by atoms with Gasteiger partial charge in [0.1, 0.15) is 12.4 Å². The van der Waals surface area contributed by atoms with E-state index >= 15 is 0 Å². The molecule has 1 aromatic heterocycles. The summed E-state index contributed by atoms with van der Waals surface area (Å²) in [6.45, 7) is 0.435. The molecule has 0 atom stereocenters. The number of aromatic nitrogens is 2. The molecule has 0 aliphatic rings. The third kappa shape index (κ3) is 5.88. The number of sulfonamides is 1. The predicted molar refractivity (Wildman–Crippen MR) is 62.5 cm³/mol. The summed E-state index contributed by atoms with van der Waals surface area (Å²) in [7, 11) is -3.21. The summed E-state index contributed by atoms with van der Waals surface area (Å²) in [5.41, 5.74) is 5.38. The summed E-state index contributed by atoms with van der Waals surface area (Å²) in [6.07, 6.45) is 2.64. The molecule has 4 N–H and O–H groups in total. The number of carbonyl (C=O) groups excluding carboxylic acids is 1. The molecule has 0 spiro atoms. The summed E-state index contributed by atoms with van der Waals surface area (Å²) in [6, 6.07) is 1.58. The molecular formula is C8H15N5O3S. The smallest absolute Gasteiger partial charge is 0.241 e. The first-order valence-corrected chi connectivity index (χ1v) is 6.76. The number of rotatable bonds is 6. The van der Waals surface area contributed by atoms with Gasteiger partial charge in [-0.2, -0.15) is 5.10 Å². The van der Waals surface area contributed by atoms with E-state index in [1.165, 1.54) is 4.68 Å². The van der Waals surface area contributed by atoms with E-state index in [2.05, 4.69) is 15.1 Å². The Morgan fingerprint density at radius 3 is 2.76 bits per heavy atom. The zero-order chi connectivity index (χ0) is 12.9. The molecule has 8 nitrogen and oxygen atoms in total. The molecule has 1 heterocycles. The molecule has 1 rings (SSSR count). The van der Waals surface area contributed by atoms with Crippen LogP contribution in [0.1, 0.15) is 0 Å². The summed E-state index contributed by atoms with van der Waals surface area (Å²) in [5.74, 6) is 0.0833. The SMILES string of the molecule is CS(=O)(=O)NCCNC(=O)Cn1ccc(N)n1. The molecule has 0 saturated heterocycles. The first-order valence-electron chi connectivity index (χ1n) is 4.87. The number of hydrogen-bond acceptors (Lipinski definition) is 5. The minimum Gasteiger partial charge on any atom is -0.382 e. The summed E-state index contributed by atoms with van der Waals surface area (Å²) in [5, 5.41) is 6.39. The van der Waals surface area contributed by atoms with Gasteiger partial charge in [-0.05, 0) is 6.07 Å². The van der Waals surface area contributed by atoms with Gasteiger partial charge in [0.15, 0.2) is 0 Å². The fourth-order valence-corrected chi connectivity index (χ4v) is 1.58. The number of anilines is 1. The maximum absolute atomic E-state index is 11.4. The second kappa shape index (κ2) is 5.64. The highest BCUT2D eigenvalue weighted by Gasteiger charge is 2.04. The van der Waals surface area contributed by atoms with E-state index in [9.17, 15) is 13.2 Å². The molecule has 0 bridgehead atoms. The molecule has 0 fully saturated rings. The van der Waals surface area contributed by atoms with Crippen LogP contribution in [0.5, 0.6) is 0 Å². The van der Waals surface area contributed by atoms with Crippen molar-refractivity contribution in [2.75, 3.05) is 25.1 Å². The quantitative estimate of drug-likeness (QED) is 0.518. The number of carbonyl (C=O) groups is 1. The van der Waals surface area contributed by atoms with Crippen LogP contribution in [-0.4, -0.2) is 43.5 Å². The lowest BCUT2D eigenvalue weighted by atomic mass is 10.5. The van der Waals surface area contributed by atoms with Crippen molar-refractivity contribution in [3.63, 3.8) is 0 Å². The number of nitrogens with two attached hydrogens (primary N) is 1. The van der Waals surface area contributed by atoms with E-state index in [0.29, 0.717) is 5.82 Å². The lowest BCUT2D eigenvalue weighted by Gasteiger charge is -2.05. The van der Waals surface area contributed by atoms with Gasteiger partial charge >= 0.3 is 0 Å². The number of nitrogens with one attached hydrogen (secondary N) is 2. The molecule has 0 saturated carbocycles. The molecule has 0 unspecified atom stereocenters. The fourth-order valence-electron chi connectivity index (χ4n) is 1.11. The maximum Gasteiger partial charge on any atom is 0.241 e. The molecule has 0 aliphatic carbocycles. The van der Waals surface area contributed by atoms with Crippen LogP contribution in [0, 0.1) is 0 Å². The second-order valence-corrected chi connectivity index (χ2v) is 5.29. The van der Waals surface area contributed by atoms with Crippen molar-refractivity contribution in [1.29, 1.82) is 0 Å². The van der Waals surface area contributed by atoms with Crippen molar-refractivity contribution in [2.24, 2.45) is 0 Å². The Labute approximate surface area is 99.2 Å². The van der Waals surface area contributed by atoms with Gasteiger partial charge in [-0.3, -0.25) is 9.48 Å². The summed E-state index contributed by atoms with van der Waals surface area (Å²) in [4.78, 5) is 11.4. The van der Waals surface area contributed by atoms with Crippen molar-refractivity contribution in [3.05, 3.63) is 12.3 Å². The Kier molecular flexibility index (Phi) is 4.46. The second-order valence-electron chi connectivity index (χ2n) is 3.45. The minimum absolute atomic E-state index is 0.0517. The van der Waals surface area contributed by atoms with E-state index in [0.717, 1.165) is 6.26 Å². The maximum atomic E-state index is 11.4. The number of nitrogen functional groups attached to an aromatic ring is 1. The van der Waals surface area contributed by atoms with Crippen LogP contribution < -0.4 is 15.8 Å². The Bertz CT molecular complexity index is 481. The van der Waals surface area contributed by atoms with Crippen LogP contribution in [0.3, 0.4) is 0 Å². The van der Waals surface area contributed by atoms with Crippen LogP contribution in [0.2, 0.25) is 0 Å². The van der Waals surface area contributed by atoms with Crippen LogP contribution in [0.4, 0.5) is 5.82 Å². The summed E-state index contributed by atoms with van der Waals surface area (Å²) < 4.78 is 25.1. The molecule has 0 aliphatic heterocycles. The molecular weight excluding hydrogens is 246 g/mol. The van der Waals surface area contributed by atoms with Gasteiger partial charge in [-0.1, -0.05) is 0 Å². The van der Waals surface area contributed by atoms with Crippen LogP contribution >= 0.6 is 0 Å². The Morgan fingerprint density at radius 1 is 1.53 bits per heavy atom. The molecule has 1 aromatic rings. The van der Waals surface area contributed by atoms with Gasteiger partial charge in [-0.25, -0.2) is 13.1 Å². The average Bonchev–Trinajstić information content (AvgIpc) is 2.57. The first kappa shape index (κ1) is 13.5. The van der Waals surface area contributed by atoms with Gasteiger partial charge in [0.25, 0.3) is 0 Å². The molecule has 0 aromatic carbocycles. The predicted octanol–water partition coefficient (Wildman–Crippen LogP) is -1.87. The van der Waals surface area contributed by atoms with Gasteiger partial charge in [0, 0.05) is 19.3 Å². The highest BCUT2D eigenvalue weighted by Crippen LogP contribution is 1.94. The number of hydrogen-bond donors (Lipinski definition) is 3. The lowest BCUT2D eigenvalue weighted by molar-refractivity contribution is -0.121. The minimum atomic E-state index is -3.21. The van der Waals surface area contributed by atoms with Crippen LogP contribution in [0.25, 0.3) is 0 Å². The highest BCUT2D eigenvalue weighted by molar-refractivity contribution is 7.88. The van der Waals surface area contributed by atoms with Crippen molar-refractivity contribution in [2.45, 2.75) is 6.54 Å². The van der Waals surface area contributed by atoms with Gasteiger partial charge in [-0.15, -0.1) is 0 Å². The molecule has 0 radical (unpaired) electrons. The Morgan fingerprint density at radius 2 is 2.24 bits per heavy atom. The van der Waals surface area contributed by atoms with Crippen molar-refractivity contribution >= 4 is 21.7 Å². The third-order valence-electron chi connectivity index (χ3n) is 1.78. The highest BCUT2D eigenvalue weighted by atomic mass is 32.2. The van der Waals surface area contributed by atoms with Crippen LogP contribution in [-0.2, 0) is 21.4 Å². The topological polar surface area (TPSA) is 119 Å². The van der Waals surface area contributed by atoms with E-state index in [4.69, 9.17) is 5.73 Å². The third-order valence-corrected chi connectivity index (χ3v) is 2.51. The molecule has 17 heavy (non-hydrogen) atoms. The Hall–Kier alpha value is -1.61. The lowest BCUT2D eigenvalue weighted by Crippen LogP contribution is -2.35. The fraction of sp³-hybridized carbons (Fsp3) is 0.500. The molecule has 96 valence electrons. The van der Waals surface area contributed by atoms with E-state index in [1.54, 1.807) is 12.3 Å². The normalized spacial score (nSPS) is 11.4. The Balaban J connectivity index is 2.22. The van der Waals surface area contributed by atoms with Gasteiger partial charge < -0.3 is 11.1 Å². The van der Waals surface area contributed by atoms with E-state index in [-0.39, 0.29) is 25.5 Å². The van der Waals surface area contributed by atoms with Gasteiger partial charge in [0.05, 0.1) is 6.26 Å². The van der Waals surface area contributed by atoms with Crippen molar-refractivity contribution < 1.29 is 13.2 Å². The molecule has 9 heteroatoms. The van der Waals surface area contributed by atoms with Gasteiger partial charge in [0.2, 0.25) is 15.9 Å². The number of nitrogens with zero attached hydrogens (tertiary/aromatic N) is 2. The first-order chi connectivity index (χ1) is 7.87.